The van der Waals surface area contributed by atoms with Crippen molar-refractivity contribution < 1.29 is 9.90 Å². The third-order valence-corrected chi connectivity index (χ3v) is 5.32. The van der Waals surface area contributed by atoms with Gasteiger partial charge in [0.15, 0.2) is 0 Å². The number of phenols is 1. The third-order valence-electron chi connectivity index (χ3n) is 5.02. The standard InChI is InChI=1S/C19H22N4.C7H5ClO2/c1-20-23-13-16-10-9-15(18-7-2-3-8-19(16)18)12-21-14-17-6-4-5-11-22-17;8-6-3-5(4-9)1-2-7(6)10/h2-11,20-21,23H,12-14H2,1H3;1-4,10H. The predicted octanol–water partition coefficient (Wildman–Crippen LogP) is 4.61. The molecular weight excluding hydrogens is 436 g/mol. The van der Waals surface area contributed by atoms with Crippen LogP contribution in [0.25, 0.3) is 10.8 Å². The Labute approximate surface area is 198 Å². The molecule has 1 aromatic heterocycles. The Morgan fingerprint density at radius 2 is 1.61 bits per heavy atom. The van der Waals surface area contributed by atoms with Crippen LogP contribution in [0.4, 0.5) is 0 Å². The first-order valence-electron chi connectivity index (χ1n) is 10.6. The van der Waals surface area contributed by atoms with Crippen molar-refractivity contribution in [3.05, 3.63) is 106 Å². The lowest BCUT2D eigenvalue weighted by molar-refractivity contribution is 0.112. The zero-order valence-corrected chi connectivity index (χ0v) is 19.1. The van der Waals surface area contributed by atoms with Crippen LogP contribution in [0.3, 0.4) is 0 Å². The van der Waals surface area contributed by atoms with Gasteiger partial charge in [0.05, 0.1) is 10.7 Å². The predicted molar refractivity (Wildman–Crippen MR) is 133 cm³/mol. The Kier molecular flexibility index (Phi) is 9.35. The summed E-state index contributed by atoms with van der Waals surface area (Å²) in [5, 5.41) is 15.2. The zero-order chi connectivity index (χ0) is 23.5. The van der Waals surface area contributed by atoms with E-state index in [-0.39, 0.29) is 10.8 Å². The van der Waals surface area contributed by atoms with E-state index >= 15 is 0 Å². The highest BCUT2D eigenvalue weighted by atomic mass is 35.5. The smallest absolute Gasteiger partial charge is 0.150 e. The lowest BCUT2D eigenvalue weighted by Gasteiger charge is -2.12. The number of nitrogens with zero attached hydrogens (tertiary/aromatic N) is 1. The van der Waals surface area contributed by atoms with Crippen molar-refractivity contribution in [3.63, 3.8) is 0 Å². The molecule has 0 bridgehead atoms. The van der Waals surface area contributed by atoms with Crippen LogP contribution in [0, 0.1) is 0 Å². The second kappa shape index (κ2) is 12.7. The molecule has 170 valence electrons. The number of halogens is 1. The van der Waals surface area contributed by atoms with Crippen LogP contribution < -0.4 is 16.2 Å². The van der Waals surface area contributed by atoms with E-state index in [0.29, 0.717) is 11.8 Å². The fourth-order valence-corrected chi connectivity index (χ4v) is 3.53. The van der Waals surface area contributed by atoms with Gasteiger partial charge < -0.3 is 10.4 Å². The summed E-state index contributed by atoms with van der Waals surface area (Å²) in [6.45, 7) is 2.41. The maximum Gasteiger partial charge on any atom is 0.150 e. The molecule has 1 heterocycles. The molecule has 0 amide bonds. The number of hydrazine groups is 1. The van der Waals surface area contributed by atoms with Gasteiger partial charge in [0.2, 0.25) is 0 Å². The molecule has 4 N–H and O–H groups in total. The number of nitrogens with one attached hydrogen (secondary N) is 3. The second-order valence-electron chi connectivity index (χ2n) is 7.29. The number of aromatic nitrogens is 1. The molecule has 0 aliphatic rings. The van der Waals surface area contributed by atoms with Gasteiger partial charge in [-0.3, -0.25) is 20.6 Å². The molecule has 0 aliphatic heterocycles. The lowest BCUT2D eigenvalue weighted by Crippen LogP contribution is -2.26. The summed E-state index contributed by atoms with van der Waals surface area (Å²) in [4.78, 5) is 14.5. The van der Waals surface area contributed by atoms with Crippen molar-refractivity contribution in [3.8, 4) is 5.75 Å². The van der Waals surface area contributed by atoms with Crippen LogP contribution in [0.5, 0.6) is 5.75 Å². The number of hydrogen-bond acceptors (Lipinski definition) is 6. The quantitative estimate of drug-likeness (QED) is 0.226. The lowest BCUT2D eigenvalue weighted by atomic mass is 9.99. The first-order valence-corrected chi connectivity index (χ1v) is 10.9. The molecule has 0 unspecified atom stereocenters. The van der Waals surface area contributed by atoms with Gasteiger partial charge in [-0.25, -0.2) is 0 Å². The molecule has 4 rings (SSSR count). The minimum atomic E-state index is -0.00716. The van der Waals surface area contributed by atoms with Gasteiger partial charge in [-0.2, -0.15) is 0 Å². The maximum atomic E-state index is 10.1. The normalized spacial score (nSPS) is 10.5. The molecule has 0 atom stereocenters. The first kappa shape index (κ1) is 24.4. The van der Waals surface area contributed by atoms with E-state index in [2.05, 4.69) is 57.6 Å². The summed E-state index contributed by atoms with van der Waals surface area (Å²) >= 11 is 5.48. The maximum absolute atomic E-state index is 10.1. The van der Waals surface area contributed by atoms with E-state index in [1.165, 1.54) is 40.1 Å². The van der Waals surface area contributed by atoms with Gasteiger partial charge in [-0.15, -0.1) is 0 Å². The summed E-state index contributed by atoms with van der Waals surface area (Å²) < 4.78 is 0. The number of carbonyl (C=O) groups excluding carboxylic acids is 1. The highest BCUT2D eigenvalue weighted by Gasteiger charge is 2.05. The van der Waals surface area contributed by atoms with Crippen molar-refractivity contribution in [1.29, 1.82) is 0 Å². The molecule has 0 radical (unpaired) electrons. The molecule has 0 saturated heterocycles. The van der Waals surface area contributed by atoms with Crippen molar-refractivity contribution in [2.24, 2.45) is 0 Å². The fourth-order valence-electron chi connectivity index (χ4n) is 3.34. The number of fused-ring (bicyclic) bond motifs is 1. The van der Waals surface area contributed by atoms with E-state index in [4.69, 9.17) is 16.7 Å². The minimum absolute atomic E-state index is 0.00716. The van der Waals surface area contributed by atoms with Crippen molar-refractivity contribution in [2.45, 2.75) is 19.6 Å². The zero-order valence-electron chi connectivity index (χ0n) is 18.4. The van der Waals surface area contributed by atoms with Gasteiger partial charge in [-0.1, -0.05) is 54.1 Å². The Hall–Kier alpha value is -3.29. The first-order chi connectivity index (χ1) is 16.1. The monoisotopic (exact) mass is 462 g/mol. The van der Waals surface area contributed by atoms with Gasteiger partial charge in [0.1, 0.15) is 12.0 Å². The number of phenolic OH excluding ortho intramolecular Hbond substituents is 1. The summed E-state index contributed by atoms with van der Waals surface area (Å²) in [7, 11) is 1.89. The molecule has 4 aromatic rings. The van der Waals surface area contributed by atoms with E-state index in [1.54, 1.807) is 0 Å². The average molecular weight is 463 g/mol. The van der Waals surface area contributed by atoms with Crippen LogP contribution in [0.15, 0.2) is 79.0 Å². The fraction of sp³-hybridized carbons (Fsp3) is 0.154. The van der Waals surface area contributed by atoms with Crippen molar-refractivity contribution in [1.82, 2.24) is 21.2 Å². The minimum Gasteiger partial charge on any atom is -0.506 e. The van der Waals surface area contributed by atoms with E-state index < -0.39 is 0 Å². The topological polar surface area (TPSA) is 86.3 Å². The number of pyridine rings is 1. The Morgan fingerprint density at radius 1 is 0.909 bits per heavy atom. The summed E-state index contributed by atoms with van der Waals surface area (Å²) in [6, 6.07) is 23.3. The number of aldehydes is 1. The molecule has 0 fully saturated rings. The van der Waals surface area contributed by atoms with Gasteiger partial charge in [0.25, 0.3) is 0 Å². The summed E-state index contributed by atoms with van der Waals surface area (Å²) in [5.74, 6) is -0.00716. The number of benzene rings is 3. The average Bonchev–Trinajstić information content (AvgIpc) is 2.86. The Bertz CT molecular complexity index is 1190. The van der Waals surface area contributed by atoms with Crippen LogP contribution in [-0.4, -0.2) is 23.4 Å². The number of rotatable bonds is 8. The second-order valence-corrected chi connectivity index (χ2v) is 7.69. The molecule has 0 spiro atoms. The Morgan fingerprint density at radius 3 is 2.21 bits per heavy atom. The third kappa shape index (κ3) is 7.10. The number of carbonyl (C=O) groups is 1. The van der Waals surface area contributed by atoms with Crippen LogP contribution in [0.2, 0.25) is 5.02 Å². The van der Waals surface area contributed by atoms with E-state index in [9.17, 15) is 4.79 Å². The molecule has 7 heteroatoms. The molecule has 3 aromatic carbocycles. The van der Waals surface area contributed by atoms with Gasteiger partial charge in [0, 0.05) is 31.4 Å². The van der Waals surface area contributed by atoms with Gasteiger partial charge >= 0.3 is 0 Å². The van der Waals surface area contributed by atoms with Crippen molar-refractivity contribution in [2.75, 3.05) is 7.05 Å². The molecule has 6 nitrogen and oxygen atoms in total. The number of hydrogen-bond donors (Lipinski definition) is 4. The highest BCUT2D eigenvalue weighted by Crippen LogP contribution is 2.23. The molecule has 0 saturated carbocycles. The van der Waals surface area contributed by atoms with E-state index in [1.807, 2.05) is 31.4 Å². The Balaban J connectivity index is 0.000000257. The summed E-state index contributed by atoms with van der Waals surface area (Å²) in [6.07, 6.45) is 2.50. The molecule has 33 heavy (non-hydrogen) atoms. The highest BCUT2D eigenvalue weighted by molar-refractivity contribution is 6.32. The van der Waals surface area contributed by atoms with Crippen LogP contribution in [0.1, 0.15) is 27.2 Å². The SMILES string of the molecule is CNNCc1ccc(CNCc2ccccn2)c2ccccc12.O=Cc1ccc(O)c(Cl)c1. The summed E-state index contributed by atoms with van der Waals surface area (Å²) in [5.41, 5.74) is 10.3. The van der Waals surface area contributed by atoms with Crippen LogP contribution >= 0.6 is 11.6 Å². The molecule has 0 aliphatic carbocycles. The number of aromatic hydroxyl groups is 1. The van der Waals surface area contributed by atoms with E-state index in [0.717, 1.165) is 25.3 Å². The molecular formula is C26H27ClN4O2. The van der Waals surface area contributed by atoms with Gasteiger partial charge in [-0.05, 0) is 59.3 Å². The van der Waals surface area contributed by atoms with Crippen LogP contribution in [-0.2, 0) is 19.6 Å². The largest absolute Gasteiger partial charge is 0.506 e. The van der Waals surface area contributed by atoms with Crippen molar-refractivity contribution >= 4 is 28.7 Å².